The Bertz CT molecular complexity index is 652. The van der Waals surface area contributed by atoms with Gasteiger partial charge in [0.25, 0.3) is 0 Å². The fourth-order valence-electron chi connectivity index (χ4n) is 1.53. The number of aromatic amines is 1. The molecule has 0 radical (unpaired) electrons. The lowest BCUT2D eigenvalue weighted by atomic mass is 10.1. The number of rotatable bonds is 4. The van der Waals surface area contributed by atoms with E-state index in [1.54, 1.807) is 0 Å². The van der Waals surface area contributed by atoms with E-state index in [0.717, 1.165) is 6.54 Å². The highest BCUT2D eigenvalue weighted by Crippen LogP contribution is 2.23. The Morgan fingerprint density at radius 1 is 1.44 bits per heavy atom. The zero-order valence-corrected chi connectivity index (χ0v) is 9.77. The molecule has 2 rings (SSSR count). The van der Waals surface area contributed by atoms with Crippen molar-refractivity contribution in [3.63, 3.8) is 0 Å². The molecule has 16 heavy (non-hydrogen) atoms. The van der Waals surface area contributed by atoms with Gasteiger partial charge in [-0.15, -0.1) is 0 Å². The van der Waals surface area contributed by atoms with Crippen LogP contribution in [0, 0.1) is 0 Å². The molecule has 3 nitrogen and oxygen atoms in total. The number of nitrogens with zero attached hydrogens (tertiary/aromatic N) is 1. The summed E-state index contributed by atoms with van der Waals surface area (Å²) in [5.74, 6) is 0.0904. The van der Waals surface area contributed by atoms with Crippen LogP contribution in [0.25, 0.3) is 10.9 Å². The van der Waals surface area contributed by atoms with Gasteiger partial charge in [0.2, 0.25) is 0 Å². The third-order valence-corrected chi connectivity index (χ3v) is 2.44. The monoisotopic (exact) mass is 222 g/mol. The molecule has 0 bridgehead atoms. The number of hydrogen-bond donors (Lipinski definition) is 1. The van der Waals surface area contributed by atoms with Crippen LogP contribution in [-0.2, 0) is 6.42 Å². The van der Waals surface area contributed by atoms with Crippen molar-refractivity contribution in [3.05, 3.63) is 29.9 Å². The van der Waals surface area contributed by atoms with E-state index in [0.29, 0.717) is 22.9 Å². The summed E-state index contributed by atoms with van der Waals surface area (Å²) in [6.07, 6.45) is 0.814. The van der Waals surface area contributed by atoms with Crippen molar-refractivity contribution in [2.75, 3.05) is 27.7 Å². The molecule has 2 aromatic rings. The van der Waals surface area contributed by atoms with Crippen molar-refractivity contribution in [1.82, 2.24) is 9.88 Å². The largest absolute Gasteiger partial charge is 0.497 e. The SMILES string of the molecule is [2H]c1[nH]c2c([2H])c([2H])c(OC)c([2H])c2c1CCN(C)C. The molecule has 1 heterocycles. The van der Waals surface area contributed by atoms with Crippen LogP contribution in [0.1, 0.15) is 11.0 Å². The lowest BCUT2D eigenvalue weighted by Crippen LogP contribution is -2.14. The number of H-pyrrole nitrogens is 1. The minimum atomic E-state index is -0.120. The van der Waals surface area contributed by atoms with Gasteiger partial charge < -0.3 is 14.6 Å². The van der Waals surface area contributed by atoms with Gasteiger partial charge in [-0.25, -0.2) is 0 Å². The third kappa shape index (κ3) is 2.19. The van der Waals surface area contributed by atoms with E-state index in [1.165, 1.54) is 7.11 Å². The van der Waals surface area contributed by atoms with Gasteiger partial charge >= 0.3 is 0 Å². The summed E-state index contributed by atoms with van der Waals surface area (Å²) in [4.78, 5) is 4.82. The Morgan fingerprint density at radius 3 is 2.94 bits per heavy atom. The molecule has 0 saturated heterocycles. The fourth-order valence-corrected chi connectivity index (χ4v) is 1.53. The summed E-state index contributed by atoms with van der Waals surface area (Å²) in [5, 5.41) is 0.523. The van der Waals surface area contributed by atoms with E-state index in [9.17, 15) is 0 Å². The first-order valence-corrected chi connectivity index (χ1v) is 5.18. The first kappa shape index (κ1) is 6.97. The second-order valence-electron chi connectivity index (χ2n) is 3.94. The number of fused-ring (bicyclic) bond motifs is 1. The van der Waals surface area contributed by atoms with Crippen LogP contribution in [0.4, 0.5) is 0 Å². The number of benzene rings is 1. The normalized spacial score (nSPS) is 14.8. The van der Waals surface area contributed by atoms with Crippen LogP contribution in [0.2, 0.25) is 0 Å². The second-order valence-corrected chi connectivity index (χ2v) is 3.94. The molecular formula is C13H18N2O. The maximum atomic E-state index is 8.17. The molecule has 0 aliphatic carbocycles. The van der Waals surface area contributed by atoms with E-state index in [4.69, 9.17) is 10.2 Å². The topological polar surface area (TPSA) is 28.3 Å². The fraction of sp³-hybridized carbons (Fsp3) is 0.385. The molecule has 0 aliphatic rings. The molecule has 0 amide bonds. The van der Waals surface area contributed by atoms with E-state index in [2.05, 4.69) is 4.98 Å². The average Bonchev–Trinajstić information content (AvgIpc) is 2.71. The van der Waals surface area contributed by atoms with E-state index in [1.807, 2.05) is 19.0 Å². The van der Waals surface area contributed by atoms with E-state index >= 15 is 0 Å². The molecule has 0 unspecified atom stereocenters. The van der Waals surface area contributed by atoms with Crippen molar-refractivity contribution in [1.29, 1.82) is 0 Å². The molecule has 0 fully saturated rings. The average molecular weight is 222 g/mol. The number of hydrogen-bond acceptors (Lipinski definition) is 2. The molecule has 1 aromatic carbocycles. The molecule has 1 N–H and O–H groups in total. The minimum Gasteiger partial charge on any atom is -0.497 e. The van der Waals surface area contributed by atoms with Crippen LogP contribution in [0.5, 0.6) is 5.75 Å². The first-order valence-electron chi connectivity index (χ1n) is 7.18. The number of nitrogens with one attached hydrogen (secondary N) is 1. The molecule has 1 aromatic heterocycles. The van der Waals surface area contributed by atoms with Gasteiger partial charge in [-0.3, -0.25) is 0 Å². The molecule has 0 atom stereocenters. The first-order chi connectivity index (χ1) is 9.38. The molecule has 86 valence electrons. The van der Waals surface area contributed by atoms with Gasteiger partial charge in [-0.2, -0.15) is 0 Å². The van der Waals surface area contributed by atoms with Crippen molar-refractivity contribution in [2.24, 2.45) is 0 Å². The van der Waals surface area contributed by atoms with Crippen LogP contribution in [0.3, 0.4) is 0 Å². The van der Waals surface area contributed by atoms with Crippen LogP contribution < -0.4 is 4.74 Å². The van der Waals surface area contributed by atoms with Gasteiger partial charge in [0.15, 0.2) is 0 Å². The predicted octanol–water partition coefficient (Wildman–Crippen LogP) is 2.28. The number of ether oxygens (including phenoxy) is 1. The Balaban J connectivity index is 2.70. The molecular weight excluding hydrogens is 200 g/mol. The van der Waals surface area contributed by atoms with Crippen LogP contribution >= 0.6 is 0 Å². The van der Waals surface area contributed by atoms with Crippen molar-refractivity contribution >= 4 is 10.9 Å². The second kappa shape index (κ2) is 4.58. The third-order valence-electron chi connectivity index (χ3n) is 2.44. The van der Waals surface area contributed by atoms with Crippen molar-refractivity contribution in [2.45, 2.75) is 6.42 Å². The maximum Gasteiger partial charge on any atom is 0.119 e. The summed E-state index contributed by atoms with van der Waals surface area (Å²) in [6.45, 7) is 0.747. The minimum absolute atomic E-state index is 0.0301. The number of aromatic nitrogens is 1. The Morgan fingerprint density at radius 2 is 2.25 bits per heavy atom. The summed E-state index contributed by atoms with van der Waals surface area (Å²) in [7, 11) is 5.28. The molecule has 0 spiro atoms. The summed E-state index contributed by atoms with van der Waals surface area (Å²) < 4.78 is 37.1. The van der Waals surface area contributed by atoms with E-state index in [-0.39, 0.29) is 30.0 Å². The number of methoxy groups -OCH3 is 1. The Kier molecular flexibility index (Phi) is 1.99. The lowest BCUT2D eigenvalue weighted by molar-refractivity contribution is 0.413. The Labute approximate surface area is 102 Å². The smallest absolute Gasteiger partial charge is 0.119 e. The van der Waals surface area contributed by atoms with Crippen molar-refractivity contribution in [3.8, 4) is 5.75 Å². The summed E-state index contributed by atoms with van der Waals surface area (Å²) in [6, 6.07) is -0.0742. The Hall–Kier alpha value is -1.48. The number of likely N-dealkylation sites (N-methyl/N-ethyl adjacent to an activating group) is 1. The molecule has 3 heteroatoms. The van der Waals surface area contributed by atoms with Gasteiger partial charge in [0.05, 0.1) is 12.6 Å². The summed E-state index contributed by atoms with van der Waals surface area (Å²) in [5.41, 5.74) is 1.07. The van der Waals surface area contributed by atoms with E-state index < -0.39 is 0 Å². The standard InChI is InChI=1S/C13H18N2O/c1-15(2)7-6-10-9-14-13-5-4-11(16-3)8-12(10)13/h4-5,8-9,14H,6-7H2,1-3H3/i4D,5D,8D,9D. The predicted molar refractivity (Wildman–Crippen MR) is 67.1 cm³/mol. The quantitative estimate of drug-likeness (QED) is 0.859. The highest BCUT2D eigenvalue weighted by atomic mass is 16.5. The van der Waals surface area contributed by atoms with Gasteiger partial charge in [-0.05, 0) is 44.2 Å². The van der Waals surface area contributed by atoms with Crippen LogP contribution in [0.15, 0.2) is 24.3 Å². The zero-order chi connectivity index (χ0) is 15.0. The maximum absolute atomic E-state index is 8.17. The highest BCUT2D eigenvalue weighted by molar-refractivity contribution is 5.84. The zero-order valence-electron chi connectivity index (χ0n) is 13.8. The molecule has 0 saturated carbocycles. The lowest BCUT2D eigenvalue weighted by Gasteiger charge is -2.08. The summed E-state index contributed by atoms with van der Waals surface area (Å²) >= 11 is 0. The van der Waals surface area contributed by atoms with Gasteiger partial charge in [0.1, 0.15) is 5.75 Å². The highest BCUT2D eigenvalue weighted by Gasteiger charge is 2.05. The molecule has 0 aliphatic heterocycles. The van der Waals surface area contributed by atoms with Gasteiger partial charge in [0, 0.05) is 23.6 Å². The van der Waals surface area contributed by atoms with Gasteiger partial charge in [-0.1, -0.05) is 0 Å². The van der Waals surface area contributed by atoms with Crippen molar-refractivity contribution < 1.29 is 10.2 Å². The van der Waals surface area contributed by atoms with Crippen LogP contribution in [-0.4, -0.2) is 37.6 Å².